The van der Waals surface area contributed by atoms with Gasteiger partial charge in [-0.25, -0.2) is 4.98 Å². The Morgan fingerprint density at radius 2 is 1.78 bits per heavy atom. The van der Waals surface area contributed by atoms with Crippen molar-refractivity contribution >= 4 is 29.1 Å². The zero-order valence-electron chi connectivity index (χ0n) is 20.8. The molecule has 0 aliphatic carbocycles. The van der Waals surface area contributed by atoms with Crippen molar-refractivity contribution in [3.8, 4) is 11.5 Å². The van der Waals surface area contributed by atoms with Crippen LogP contribution in [0.25, 0.3) is 0 Å². The van der Waals surface area contributed by atoms with E-state index in [2.05, 4.69) is 15.6 Å². The topological polar surface area (TPSA) is 115 Å². The van der Waals surface area contributed by atoms with Crippen molar-refractivity contribution in [3.05, 3.63) is 67.3 Å². The smallest absolute Gasteiger partial charge is 0.262 e. The van der Waals surface area contributed by atoms with Gasteiger partial charge in [0.25, 0.3) is 5.91 Å². The largest absolute Gasteiger partial charge is 0.494 e. The van der Waals surface area contributed by atoms with Crippen LogP contribution in [0, 0.1) is 5.92 Å². The summed E-state index contributed by atoms with van der Waals surface area (Å²) in [6, 6.07) is 14.0. The van der Waals surface area contributed by atoms with Crippen molar-refractivity contribution in [2.75, 3.05) is 36.5 Å². The summed E-state index contributed by atoms with van der Waals surface area (Å²) < 4.78 is 12.9. The minimum atomic E-state index is -0.386. The molecule has 3 aromatic rings. The molecule has 1 fully saturated rings. The molecule has 2 heterocycles. The highest BCUT2D eigenvalue weighted by molar-refractivity contribution is 6.00. The lowest BCUT2D eigenvalue weighted by atomic mass is 10.1. The molecule has 10 nitrogen and oxygen atoms in total. The molecule has 1 saturated heterocycles. The first-order valence-electron chi connectivity index (χ1n) is 12.3. The molecular weight excluding hydrogens is 474 g/mol. The second kappa shape index (κ2) is 12.6. The first-order chi connectivity index (χ1) is 18.0. The highest BCUT2D eigenvalue weighted by Gasteiger charge is 2.34. The minimum absolute atomic E-state index is 0.0954. The van der Waals surface area contributed by atoms with E-state index in [4.69, 9.17) is 9.47 Å². The molecule has 0 spiro atoms. The van der Waals surface area contributed by atoms with Crippen molar-refractivity contribution in [1.82, 2.24) is 14.9 Å². The van der Waals surface area contributed by atoms with Gasteiger partial charge in [-0.05, 0) is 61.9 Å². The van der Waals surface area contributed by atoms with Gasteiger partial charge in [0.05, 0.1) is 18.9 Å². The number of rotatable bonds is 12. The number of nitrogens with zero attached hydrogens (tertiary/aromatic N) is 3. The van der Waals surface area contributed by atoms with E-state index in [0.29, 0.717) is 36.8 Å². The molecule has 3 amide bonds. The Morgan fingerprint density at radius 3 is 2.49 bits per heavy atom. The molecule has 0 unspecified atom stereocenters. The molecule has 1 aliphatic rings. The van der Waals surface area contributed by atoms with Gasteiger partial charge in [0.15, 0.2) is 6.61 Å². The average molecular weight is 506 g/mol. The summed E-state index contributed by atoms with van der Waals surface area (Å²) in [6.07, 6.45) is 6.30. The standard InChI is InChI=1S/C27H31N5O5/c1-2-36-23-8-4-21(5-9-23)30-25(33)18-37-24-10-6-22(7-11-24)32-17-20(16-26(32)34)27(35)29-12-3-14-31-15-13-28-19-31/h4-11,13,15,19-20H,2-3,12,14,16-18H2,1H3,(H,29,35)(H,30,33)/t20-/m0/s1. The van der Waals surface area contributed by atoms with E-state index < -0.39 is 0 Å². The highest BCUT2D eigenvalue weighted by Crippen LogP contribution is 2.27. The molecule has 0 bridgehead atoms. The second-order valence-corrected chi connectivity index (χ2v) is 8.64. The molecule has 0 radical (unpaired) electrons. The van der Waals surface area contributed by atoms with Gasteiger partial charge in [-0.3, -0.25) is 14.4 Å². The Morgan fingerprint density at radius 1 is 1.05 bits per heavy atom. The lowest BCUT2D eigenvalue weighted by Gasteiger charge is -2.17. The molecule has 4 rings (SSSR count). The number of imidazole rings is 1. The van der Waals surface area contributed by atoms with E-state index in [1.807, 2.05) is 17.7 Å². The molecule has 194 valence electrons. The zero-order chi connectivity index (χ0) is 26.0. The number of aryl methyl sites for hydroxylation is 1. The lowest BCUT2D eigenvalue weighted by molar-refractivity contribution is -0.126. The van der Waals surface area contributed by atoms with Crippen LogP contribution in [0.4, 0.5) is 11.4 Å². The van der Waals surface area contributed by atoms with Gasteiger partial charge in [0, 0.05) is 49.8 Å². The summed E-state index contributed by atoms with van der Waals surface area (Å²) >= 11 is 0. The zero-order valence-corrected chi connectivity index (χ0v) is 20.8. The number of hydrogen-bond acceptors (Lipinski definition) is 6. The van der Waals surface area contributed by atoms with Gasteiger partial charge in [0.1, 0.15) is 11.5 Å². The number of anilines is 2. The van der Waals surface area contributed by atoms with Gasteiger partial charge < -0.3 is 29.6 Å². The van der Waals surface area contributed by atoms with Crippen LogP contribution in [0.3, 0.4) is 0 Å². The third kappa shape index (κ3) is 7.33. The van der Waals surface area contributed by atoms with Crippen molar-refractivity contribution in [2.24, 2.45) is 5.92 Å². The molecule has 2 aromatic carbocycles. The van der Waals surface area contributed by atoms with E-state index in [1.54, 1.807) is 66.0 Å². The number of ether oxygens (including phenoxy) is 2. The van der Waals surface area contributed by atoms with E-state index in [9.17, 15) is 14.4 Å². The summed E-state index contributed by atoms with van der Waals surface area (Å²) in [4.78, 5) is 42.9. The summed E-state index contributed by atoms with van der Waals surface area (Å²) in [5.41, 5.74) is 1.34. The fourth-order valence-corrected chi connectivity index (χ4v) is 4.04. The Kier molecular flexibility index (Phi) is 8.75. The highest BCUT2D eigenvalue weighted by atomic mass is 16.5. The average Bonchev–Trinajstić information content (AvgIpc) is 3.57. The normalized spacial score (nSPS) is 14.9. The third-order valence-corrected chi connectivity index (χ3v) is 5.91. The number of carbonyl (C=O) groups is 3. The van der Waals surface area contributed by atoms with Crippen LogP contribution in [-0.4, -0.2) is 53.6 Å². The number of nitrogens with one attached hydrogen (secondary N) is 2. The SMILES string of the molecule is CCOc1ccc(NC(=O)COc2ccc(N3C[C@@H](C(=O)NCCCn4ccnc4)CC3=O)cc2)cc1. The van der Waals surface area contributed by atoms with Crippen LogP contribution in [0.15, 0.2) is 67.3 Å². The van der Waals surface area contributed by atoms with Gasteiger partial charge in [-0.2, -0.15) is 0 Å². The molecule has 2 N–H and O–H groups in total. The quantitative estimate of drug-likeness (QED) is 0.366. The molecule has 37 heavy (non-hydrogen) atoms. The maximum atomic E-state index is 12.5. The second-order valence-electron chi connectivity index (χ2n) is 8.64. The van der Waals surface area contributed by atoms with Crippen molar-refractivity contribution in [2.45, 2.75) is 26.3 Å². The summed E-state index contributed by atoms with van der Waals surface area (Å²) in [7, 11) is 0. The predicted octanol–water partition coefficient (Wildman–Crippen LogP) is 2.86. The van der Waals surface area contributed by atoms with Crippen molar-refractivity contribution < 1.29 is 23.9 Å². The van der Waals surface area contributed by atoms with Crippen LogP contribution < -0.4 is 25.0 Å². The molecule has 10 heteroatoms. The molecule has 0 saturated carbocycles. The van der Waals surface area contributed by atoms with E-state index >= 15 is 0 Å². The Bertz CT molecular complexity index is 1180. The molecular formula is C27H31N5O5. The lowest BCUT2D eigenvalue weighted by Crippen LogP contribution is -2.33. The molecule has 1 aliphatic heterocycles. The first-order valence-corrected chi connectivity index (χ1v) is 12.3. The van der Waals surface area contributed by atoms with E-state index in [0.717, 1.165) is 18.7 Å². The Balaban J connectivity index is 1.20. The molecule has 1 aromatic heterocycles. The maximum absolute atomic E-state index is 12.5. The van der Waals surface area contributed by atoms with E-state index in [1.165, 1.54) is 0 Å². The Labute approximate surface area is 215 Å². The van der Waals surface area contributed by atoms with Crippen LogP contribution in [0.1, 0.15) is 19.8 Å². The van der Waals surface area contributed by atoms with Crippen LogP contribution in [-0.2, 0) is 20.9 Å². The first kappa shape index (κ1) is 25.7. The van der Waals surface area contributed by atoms with Crippen molar-refractivity contribution in [3.63, 3.8) is 0 Å². The fourth-order valence-electron chi connectivity index (χ4n) is 4.04. The van der Waals surface area contributed by atoms with Gasteiger partial charge in [0.2, 0.25) is 11.8 Å². The Hall–Kier alpha value is -4.34. The number of hydrogen-bond donors (Lipinski definition) is 2. The number of carbonyl (C=O) groups excluding carboxylic acids is 3. The maximum Gasteiger partial charge on any atom is 0.262 e. The van der Waals surface area contributed by atoms with Gasteiger partial charge in [-0.1, -0.05) is 0 Å². The van der Waals surface area contributed by atoms with E-state index in [-0.39, 0.29) is 36.7 Å². The fraction of sp³-hybridized carbons (Fsp3) is 0.333. The monoisotopic (exact) mass is 505 g/mol. The van der Waals surface area contributed by atoms with Crippen LogP contribution in [0.5, 0.6) is 11.5 Å². The predicted molar refractivity (Wildman–Crippen MR) is 138 cm³/mol. The van der Waals surface area contributed by atoms with Crippen LogP contribution in [0.2, 0.25) is 0 Å². The number of amides is 3. The van der Waals surface area contributed by atoms with Crippen molar-refractivity contribution in [1.29, 1.82) is 0 Å². The third-order valence-electron chi connectivity index (χ3n) is 5.91. The summed E-state index contributed by atoms with van der Waals surface area (Å²) in [6.45, 7) is 3.97. The number of benzene rings is 2. The molecule has 1 atom stereocenters. The number of aromatic nitrogens is 2. The van der Waals surface area contributed by atoms with Gasteiger partial charge in [-0.15, -0.1) is 0 Å². The van der Waals surface area contributed by atoms with Crippen LogP contribution >= 0.6 is 0 Å². The summed E-state index contributed by atoms with van der Waals surface area (Å²) in [5, 5.41) is 5.70. The minimum Gasteiger partial charge on any atom is -0.494 e. The van der Waals surface area contributed by atoms with Gasteiger partial charge >= 0.3 is 0 Å². The summed E-state index contributed by atoms with van der Waals surface area (Å²) in [5.74, 6) is 0.359.